The molecule has 0 aliphatic rings. The summed E-state index contributed by atoms with van der Waals surface area (Å²) in [6.07, 6.45) is 0. The molecule has 16 heavy (non-hydrogen) atoms. The quantitative estimate of drug-likeness (QED) is 0.848. The molecule has 2 nitrogen and oxygen atoms in total. The first kappa shape index (κ1) is 13.2. The lowest BCUT2D eigenvalue weighted by molar-refractivity contribution is 0.306. The van der Waals surface area contributed by atoms with Gasteiger partial charge in [0.25, 0.3) is 0 Å². The molecule has 0 fully saturated rings. The minimum absolute atomic E-state index is 0.217. The maximum Gasteiger partial charge on any atom is 0.0464 e. The van der Waals surface area contributed by atoms with E-state index in [1.807, 2.05) is 0 Å². The van der Waals surface area contributed by atoms with E-state index in [2.05, 4.69) is 64.0 Å². The van der Waals surface area contributed by atoms with E-state index in [4.69, 9.17) is 5.73 Å². The molecule has 1 unspecified atom stereocenters. The zero-order valence-electron chi connectivity index (χ0n) is 11.1. The molecule has 2 heteroatoms. The van der Waals surface area contributed by atoms with Crippen LogP contribution in [0, 0.1) is 0 Å². The standard InChI is InChI=1S/C14H24N2/c1-14(2,3)12-8-6-11(7-9-12)13(10-15)16(4)5/h6-9,13H,10,15H2,1-5H3. The summed E-state index contributed by atoms with van der Waals surface area (Å²) in [7, 11) is 4.13. The molecule has 0 aromatic heterocycles. The van der Waals surface area contributed by atoms with Gasteiger partial charge in [0, 0.05) is 12.6 Å². The zero-order chi connectivity index (χ0) is 12.3. The Morgan fingerprint density at radius 3 is 1.94 bits per heavy atom. The number of hydrogen-bond acceptors (Lipinski definition) is 2. The molecule has 0 spiro atoms. The molecule has 0 aliphatic heterocycles. The fourth-order valence-electron chi connectivity index (χ4n) is 1.85. The van der Waals surface area contributed by atoms with E-state index in [1.54, 1.807) is 0 Å². The molecule has 0 saturated heterocycles. The van der Waals surface area contributed by atoms with E-state index >= 15 is 0 Å². The van der Waals surface area contributed by atoms with Crippen molar-refractivity contribution in [1.29, 1.82) is 0 Å². The van der Waals surface area contributed by atoms with Gasteiger partial charge >= 0.3 is 0 Å². The van der Waals surface area contributed by atoms with Crippen LogP contribution in [0.2, 0.25) is 0 Å². The number of nitrogens with zero attached hydrogens (tertiary/aromatic N) is 1. The summed E-state index contributed by atoms with van der Waals surface area (Å²) in [5.41, 5.74) is 8.66. The second-order valence-corrected chi connectivity index (χ2v) is 5.59. The van der Waals surface area contributed by atoms with Crippen LogP contribution in [-0.4, -0.2) is 25.5 Å². The summed E-state index contributed by atoms with van der Waals surface area (Å²) >= 11 is 0. The molecular weight excluding hydrogens is 196 g/mol. The number of nitrogens with two attached hydrogens (primary N) is 1. The summed E-state index contributed by atoms with van der Waals surface area (Å²) < 4.78 is 0. The summed E-state index contributed by atoms with van der Waals surface area (Å²) in [4.78, 5) is 2.16. The van der Waals surface area contributed by atoms with Crippen molar-refractivity contribution < 1.29 is 0 Å². The highest BCUT2D eigenvalue weighted by Crippen LogP contribution is 2.24. The fraction of sp³-hybridized carbons (Fsp3) is 0.571. The van der Waals surface area contributed by atoms with Gasteiger partial charge in [-0.15, -0.1) is 0 Å². The van der Waals surface area contributed by atoms with Crippen LogP contribution in [0.4, 0.5) is 0 Å². The van der Waals surface area contributed by atoms with E-state index in [-0.39, 0.29) is 5.41 Å². The van der Waals surface area contributed by atoms with Gasteiger partial charge in [0.15, 0.2) is 0 Å². The molecule has 0 aliphatic carbocycles. The van der Waals surface area contributed by atoms with E-state index in [0.29, 0.717) is 12.6 Å². The maximum atomic E-state index is 5.79. The van der Waals surface area contributed by atoms with Gasteiger partial charge in [0.2, 0.25) is 0 Å². The largest absolute Gasteiger partial charge is 0.329 e. The van der Waals surface area contributed by atoms with E-state index < -0.39 is 0 Å². The Morgan fingerprint density at radius 2 is 1.62 bits per heavy atom. The monoisotopic (exact) mass is 220 g/mol. The SMILES string of the molecule is CN(C)C(CN)c1ccc(C(C)(C)C)cc1. The van der Waals surface area contributed by atoms with Crippen LogP contribution in [0.25, 0.3) is 0 Å². The minimum Gasteiger partial charge on any atom is -0.329 e. The molecule has 1 aromatic rings. The van der Waals surface area contributed by atoms with Gasteiger partial charge in [-0.25, -0.2) is 0 Å². The number of benzene rings is 1. The molecule has 0 bridgehead atoms. The van der Waals surface area contributed by atoms with Crippen molar-refractivity contribution in [1.82, 2.24) is 4.90 Å². The molecule has 0 radical (unpaired) electrons. The second-order valence-electron chi connectivity index (χ2n) is 5.59. The van der Waals surface area contributed by atoms with Crippen LogP contribution in [0.1, 0.15) is 37.9 Å². The first-order valence-corrected chi connectivity index (χ1v) is 5.83. The van der Waals surface area contributed by atoms with Crippen molar-refractivity contribution >= 4 is 0 Å². The predicted octanol–water partition coefficient (Wildman–Crippen LogP) is 2.55. The van der Waals surface area contributed by atoms with Crippen LogP contribution < -0.4 is 5.73 Å². The van der Waals surface area contributed by atoms with Crippen LogP contribution in [0.5, 0.6) is 0 Å². The van der Waals surface area contributed by atoms with Crippen molar-refractivity contribution in [2.24, 2.45) is 5.73 Å². The van der Waals surface area contributed by atoms with Crippen molar-refractivity contribution in [2.45, 2.75) is 32.2 Å². The first-order valence-electron chi connectivity index (χ1n) is 5.83. The molecule has 90 valence electrons. The number of likely N-dealkylation sites (N-methyl/N-ethyl adjacent to an activating group) is 1. The Kier molecular flexibility index (Phi) is 4.11. The smallest absolute Gasteiger partial charge is 0.0464 e. The second kappa shape index (κ2) is 4.98. The van der Waals surface area contributed by atoms with Crippen molar-refractivity contribution in [3.05, 3.63) is 35.4 Å². The number of hydrogen-bond donors (Lipinski definition) is 1. The van der Waals surface area contributed by atoms with Gasteiger partial charge in [-0.2, -0.15) is 0 Å². The Morgan fingerprint density at radius 1 is 1.12 bits per heavy atom. The highest BCUT2D eigenvalue weighted by molar-refractivity contribution is 5.29. The molecule has 0 amide bonds. The summed E-state index contributed by atoms with van der Waals surface area (Å²) in [6.45, 7) is 7.35. The molecule has 1 rings (SSSR count). The third-order valence-electron chi connectivity index (χ3n) is 3.01. The molecule has 0 saturated carbocycles. The van der Waals surface area contributed by atoms with E-state index in [0.717, 1.165) is 0 Å². The van der Waals surface area contributed by atoms with E-state index in [9.17, 15) is 0 Å². The maximum absolute atomic E-state index is 5.79. The highest BCUT2D eigenvalue weighted by atomic mass is 15.1. The lowest BCUT2D eigenvalue weighted by Gasteiger charge is -2.25. The van der Waals surface area contributed by atoms with Gasteiger partial charge < -0.3 is 10.6 Å². The highest BCUT2D eigenvalue weighted by Gasteiger charge is 2.15. The zero-order valence-corrected chi connectivity index (χ0v) is 11.1. The lowest BCUT2D eigenvalue weighted by Crippen LogP contribution is -2.27. The normalized spacial score (nSPS) is 14.2. The average molecular weight is 220 g/mol. The lowest BCUT2D eigenvalue weighted by atomic mass is 9.86. The minimum atomic E-state index is 0.217. The van der Waals surface area contributed by atoms with Crippen molar-refractivity contribution in [3.63, 3.8) is 0 Å². The molecule has 1 aromatic carbocycles. The first-order chi connectivity index (χ1) is 7.36. The summed E-state index contributed by atoms with van der Waals surface area (Å²) in [5, 5.41) is 0. The Balaban J connectivity index is 2.94. The Hall–Kier alpha value is -0.860. The Bertz CT molecular complexity index is 320. The number of rotatable bonds is 3. The van der Waals surface area contributed by atoms with Gasteiger partial charge in [-0.3, -0.25) is 0 Å². The van der Waals surface area contributed by atoms with Gasteiger partial charge in [0.1, 0.15) is 0 Å². The third kappa shape index (κ3) is 3.06. The average Bonchev–Trinajstić information content (AvgIpc) is 2.17. The molecule has 0 heterocycles. The van der Waals surface area contributed by atoms with Gasteiger partial charge in [-0.1, -0.05) is 45.0 Å². The van der Waals surface area contributed by atoms with Crippen molar-refractivity contribution in [3.8, 4) is 0 Å². The molecule has 1 atom stereocenters. The summed E-state index contributed by atoms with van der Waals surface area (Å²) in [5.74, 6) is 0. The van der Waals surface area contributed by atoms with Crippen molar-refractivity contribution in [2.75, 3.05) is 20.6 Å². The fourth-order valence-corrected chi connectivity index (χ4v) is 1.85. The van der Waals surface area contributed by atoms with Gasteiger partial charge in [0.05, 0.1) is 0 Å². The van der Waals surface area contributed by atoms with E-state index in [1.165, 1.54) is 11.1 Å². The molecule has 2 N–H and O–H groups in total. The molecular formula is C14H24N2. The topological polar surface area (TPSA) is 29.3 Å². The van der Waals surface area contributed by atoms with Crippen LogP contribution in [0.3, 0.4) is 0 Å². The van der Waals surface area contributed by atoms with Gasteiger partial charge in [-0.05, 0) is 30.6 Å². The Labute approximate surface area is 99.5 Å². The third-order valence-corrected chi connectivity index (χ3v) is 3.01. The van der Waals surface area contributed by atoms with Crippen LogP contribution in [-0.2, 0) is 5.41 Å². The summed E-state index contributed by atoms with van der Waals surface area (Å²) in [6, 6.07) is 9.12. The van der Waals surface area contributed by atoms with Crippen LogP contribution in [0.15, 0.2) is 24.3 Å². The van der Waals surface area contributed by atoms with Crippen LogP contribution >= 0.6 is 0 Å². The predicted molar refractivity (Wildman–Crippen MR) is 70.6 cm³/mol.